The van der Waals surface area contributed by atoms with E-state index >= 15 is 0 Å². The van der Waals surface area contributed by atoms with Gasteiger partial charge in [-0.1, -0.05) is 0 Å². The monoisotopic (exact) mass is 277 g/mol. The summed E-state index contributed by atoms with van der Waals surface area (Å²) in [5.41, 5.74) is 8.07. The van der Waals surface area contributed by atoms with E-state index in [1.165, 1.54) is 5.69 Å². The summed E-state index contributed by atoms with van der Waals surface area (Å²) in [6, 6.07) is 6.10. The Kier molecular flexibility index (Phi) is 4.14. The van der Waals surface area contributed by atoms with Gasteiger partial charge in [-0.3, -0.25) is 4.90 Å². The summed E-state index contributed by atoms with van der Waals surface area (Å²) in [5, 5.41) is 0. The number of likely N-dealkylation sites (N-methyl/N-ethyl adjacent to an activating group) is 1. The zero-order chi connectivity index (χ0) is 14.9. The molecule has 2 N–H and O–H groups in total. The van der Waals surface area contributed by atoms with Gasteiger partial charge in [-0.2, -0.15) is 0 Å². The normalized spacial score (nSPS) is 19.4. The average molecular weight is 277 g/mol. The van der Waals surface area contributed by atoms with Crippen molar-refractivity contribution in [3.8, 4) is 5.75 Å². The van der Waals surface area contributed by atoms with Crippen molar-refractivity contribution in [3.63, 3.8) is 0 Å². The predicted octanol–water partition coefficient (Wildman–Crippen LogP) is 2.59. The molecule has 1 saturated heterocycles. The first-order valence-corrected chi connectivity index (χ1v) is 7.32. The molecule has 0 bridgehead atoms. The standard InChI is InChI=1S/C16H27N3O/c1-12(2)20-15-10-13(6-7-14(15)17)19-9-8-18(5)16(3,4)11-19/h6-7,10,12H,8-9,11,17H2,1-5H3. The largest absolute Gasteiger partial charge is 0.489 e. The van der Waals surface area contributed by atoms with Crippen molar-refractivity contribution in [1.29, 1.82) is 0 Å². The fourth-order valence-electron chi connectivity index (χ4n) is 2.54. The fraction of sp³-hybridized carbons (Fsp3) is 0.625. The van der Waals surface area contributed by atoms with Crippen LogP contribution in [0.5, 0.6) is 5.75 Å². The van der Waals surface area contributed by atoms with Gasteiger partial charge in [0.15, 0.2) is 0 Å². The van der Waals surface area contributed by atoms with E-state index in [4.69, 9.17) is 10.5 Å². The van der Waals surface area contributed by atoms with Gasteiger partial charge < -0.3 is 15.4 Å². The second-order valence-electron chi connectivity index (χ2n) is 6.54. The zero-order valence-electron chi connectivity index (χ0n) is 13.3. The van der Waals surface area contributed by atoms with E-state index in [1.54, 1.807) is 0 Å². The molecule has 0 spiro atoms. The molecule has 0 unspecified atom stereocenters. The summed E-state index contributed by atoms with van der Waals surface area (Å²) in [5.74, 6) is 0.786. The second kappa shape index (κ2) is 5.52. The van der Waals surface area contributed by atoms with Crippen LogP contribution in [0.1, 0.15) is 27.7 Å². The molecule has 1 aromatic rings. The quantitative estimate of drug-likeness (QED) is 0.862. The Morgan fingerprint density at radius 2 is 1.95 bits per heavy atom. The van der Waals surface area contributed by atoms with Crippen molar-refractivity contribution in [2.75, 3.05) is 37.3 Å². The Labute approximate surface area is 122 Å². The van der Waals surface area contributed by atoms with Crippen LogP contribution in [0.2, 0.25) is 0 Å². The van der Waals surface area contributed by atoms with Gasteiger partial charge in [0, 0.05) is 36.9 Å². The minimum Gasteiger partial charge on any atom is -0.489 e. The summed E-state index contributed by atoms with van der Waals surface area (Å²) in [6.07, 6.45) is 0.136. The van der Waals surface area contributed by atoms with E-state index in [-0.39, 0.29) is 11.6 Å². The molecule has 2 rings (SSSR count). The van der Waals surface area contributed by atoms with Crippen molar-refractivity contribution in [1.82, 2.24) is 4.90 Å². The Morgan fingerprint density at radius 1 is 1.25 bits per heavy atom. The first-order valence-electron chi connectivity index (χ1n) is 7.32. The molecule has 0 radical (unpaired) electrons. The van der Waals surface area contributed by atoms with Crippen LogP contribution < -0.4 is 15.4 Å². The highest BCUT2D eigenvalue weighted by Crippen LogP contribution is 2.31. The molecule has 0 aromatic heterocycles. The summed E-state index contributed by atoms with van der Waals surface area (Å²) in [4.78, 5) is 4.82. The van der Waals surface area contributed by atoms with Crippen molar-refractivity contribution in [2.24, 2.45) is 0 Å². The number of nitrogen functional groups attached to an aromatic ring is 1. The third-order valence-corrected chi connectivity index (χ3v) is 4.04. The minimum absolute atomic E-state index is 0.136. The Bertz CT molecular complexity index is 471. The summed E-state index contributed by atoms with van der Waals surface area (Å²) in [6.45, 7) is 11.7. The van der Waals surface area contributed by atoms with Gasteiger partial charge in [-0.15, -0.1) is 0 Å². The van der Waals surface area contributed by atoms with Crippen molar-refractivity contribution in [3.05, 3.63) is 18.2 Å². The highest BCUT2D eigenvalue weighted by atomic mass is 16.5. The lowest BCUT2D eigenvalue weighted by Crippen LogP contribution is -2.57. The molecule has 4 heteroatoms. The third-order valence-electron chi connectivity index (χ3n) is 4.04. The predicted molar refractivity (Wildman–Crippen MR) is 85.5 cm³/mol. The summed E-state index contributed by atoms with van der Waals surface area (Å²) >= 11 is 0. The van der Waals surface area contributed by atoms with Gasteiger partial charge in [-0.05, 0) is 46.9 Å². The molecule has 1 heterocycles. The van der Waals surface area contributed by atoms with Gasteiger partial charge in [-0.25, -0.2) is 0 Å². The minimum atomic E-state index is 0.136. The van der Waals surface area contributed by atoms with Crippen LogP contribution in [0, 0.1) is 0 Å². The van der Waals surface area contributed by atoms with E-state index in [0.29, 0.717) is 5.69 Å². The maximum atomic E-state index is 5.99. The van der Waals surface area contributed by atoms with Crippen LogP contribution in [0.3, 0.4) is 0 Å². The average Bonchev–Trinajstić information content (AvgIpc) is 2.35. The van der Waals surface area contributed by atoms with Gasteiger partial charge in [0.05, 0.1) is 11.8 Å². The van der Waals surface area contributed by atoms with E-state index in [1.807, 2.05) is 19.9 Å². The summed E-state index contributed by atoms with van der Waals surface area (Å²) in [7, 11) is 2.19. The second-order valence-corrected chi connectivity index (χ2v) is 6.54. The number of ether oxygens (including phenoxy) is 1. The van der Waals surface area contributed by atoms with Gasteiger partial charge in [0.2, 0.25) is 0 Å². The Morgan fingerprint density at radius 3 is 2.55 bits per heavy atom. The molecule has 0 saturated carbocycles. The number of nitrogens with zero attached hydrogens (tertiary/aromatic N) is 2. The van der Waals surface area contributed by atoms with Crippen LogP contribution in [-0.2, 0) is 0 Å². The van der Waals surface area contributed by atoms with Crippen LogP contribution in [0.4, 0.5) is 11.4 Å². The first-order chi connectivity index (χ1) is 9.29. The van der Waals surface area contributed by atoms with Gasteiger partial charge >= 0.3 is 0 Å². The topological polar surface area (TPSA) is 41.7 Å². The van der Waals surface area contributed by atoms with E-state index in [9.17, 15) is 0 Å². The van der Waals surface area contributed by atoms with Gasteiger partial charge in [0.1, 0.15) is 5.75 Å². The van der Waals surface area contributed by atoms with Gasteiger partial charge in [0.25, 0.3) is 0 Å². The number of benzene rings is 1. The van der Waals surface area contributed by atoms with Crippen molar-refractivity contribution >= 4 is 11.4 Å². The lowest BCUT2D eigenvalue weighted by Gasteiger charge is -2.46. The number of hydrogen-bond acceptors (Lipinski definition) is 4. The zero-order valence-corrected chi connectivity index (χ0v) is 13.3. The molecular formula is C16H27N3O. The lowest BCUT2D eigenvalue weighted by atomic mass is 9.99. The number of piperazine rings is 1. The maximum absolute atomic E-state index is 5.99. The molecule has 112 valence electrons. The molecular weight excluding hydrogens is 250 g/mol. The number of rotatable bonds is 3. The molecule has 0 atom stereocenters. The molecule has 1 aromatic carbocycles. The number of anilines is 2. The molecule has 1 aliphatic heterocycles. The Hall–Kier alpha value is -1.42. The van der Waals surface area contributed by atoms with Crippen molar-refractivity contribution < 1.29 is 4.74 Å². The SMILES string of the molecule is CC(C)Oc1cc(N2CCN(C)C(C)(C)C2)ccc1N. The van der Waals surface area contributed by atoms with Crippen molar-refractivity contribution in [2.45, 2.75) is 39.3 Å². The van der Waals surface area contributed by atoms with Crippen LogP contribution in [0.15, 0.2) is 18.2 Å². The van der Waals surface area contributed by atoms with E-state index in [0.717, 1.165) is 25.4 Å². The molecule has 0 aliphatic carbocycles. The number of nitrogens with two attached hydrogens (primary N) is 1. The van der Waals surface area contributed by atoms with Crippen LogP contribution in [-0.4, -0.2) is 43.2 Å². The van der Waals surface area contributed by atoms with Crippen LogP contribution in [0.25, 0.3) is 0 Å². The molecule has 4 nitrogen and oxygen atoms in total. The first kappa shape index (κ1) is 15.0. The molecule has 1 fully saturated rings. The highest BCUT2D eigenvalue weighted by Gasteiger charge is 2.31. The molecule has 0 amide bonds. The lowest BCUT2D eigenvalue weighted by molar-refractivity contribution is 0.139. The van der Waals surface area contributed by atoms with Crippen LogP contribution >= 0.6 is 0 Å². The molecule has 1 aliphatic rings. The maximum Gasteiger partial charge on any atom is 0.144 e. The van der Waals surface area contributed by atoms with E-state index < -0.39 is 0 Å². The molecule has 20 heavy (non-hydrogen) atoms. The summed E-state index contributed by atoms with van der Waals surface area (Å²) < 4.78 is 5.79. The number of hydrogen-bond donors (Lipinski definition) is 1. The fourth-order valence-corrected chi connectivity index (χ4v) is 2.54. The highest BCUT2D eigenvalue weighted by molar-refractivity contribution is 5.62. The van der Waals surface area contributed by atoms with E-state index in [2.05, 4.69) is 42.8 Å². The smallest absolute Gasteiger partial charge is 0.144 e. The third kappa shape index (κ3) is 3.18. The Balaban J connectivity index is 2.21.